The van der Waals surface area contributed by atoms with E-state index in [9.17, 15) is 8.42 Å². The van der Waals surface area contributed by atoms with E-state index in [2.05, 4.69) is 32.7 Å². The predicted octanol–water partition coefficient (Wildman–Crippen LogP) is 1.45. The number of aliphatic imine (C=N–C) groups is 1. The maximum atomic E-state index is 11.7. The minimum Gasteiger partial charge on any atom is -0.355 e. The van der Waals surface area contributed by atoms with E-state index < -0.39 is 10.0 Å². The van der Waals surface area contributed by atoms with Gasteiger partial charge in [0, 0.05) is 45.2 Å². The first-order chi connectivity index (χ1) is 10.5. The van der Waals surface area contributed by atoms with Crippen molar-refractivity contribution in [1.29, 1.82) is 0 Å². The highest BCUT2D eigenvalue weighted by Crippen LogP contribution is 2.12. The van der Waals surface area contributed by atoms with E-state index in [-0.39, 0.29) is 29.7 Å². The molecular formula is C14H25IN4O2S2. The minimum absolute atomic E-state index is 0. The Morgan fingerprint density at radius 2 is 2.30 bits per heavy atom. The van der Waals surface area contributed by atoms with E-state index in [1.54, 1.807) is 22.7 Å². The van der Waals surface area contributed by atoms with Crippen molar-refractivity contribution in [2.45, 2.75) is 12.8 Å². The van der Waals surface area contributed by atoms with Crippen LogP contribution in [0.15, 0.2) is 22.5 Å². The van der Waals surface area contributed by atoms with Crippen molar-refractivity contribution in [2.75, 3.05) is 46.0 Å². The third-order valence-electron chi connectivity index (χ3n) is 3.69. The molecule has 6 nitrogen and oxygen atoms in total. The number of thiophene rings is 1. The molecule has 0 radical (unpaired) electrons. The fourth-order valence-electron chi connectivity index (χ4n) is 2.46. The van der Waals surface area contributed by atoms with Gasteiger partial charge in [-0.1, -0.05) is 6.07 Å². The second kappa shape index (κ2) is 9.80. The third kappa shape index (κ3) is 6.20. The molecule has 1 saturated heterocycles. The highest BCUT2D eigenvalue weighted by atomic mass is 127. The van der Waals surface area contributed by atoms with Crippen LogP contribution in [0, 0.1) is 0 Å². The highest BCUT2D eigenvalue weighted by Gasteiger charge is 2.27. The monoisotopic (exact) mass is 472 g/mol. The lowest BCUT2D eigenvalue weighted by molar-refractivity contribution is 0.435. The largest absolute Gasteiger partial charge is 0.355 e. The summed E-state index contributed by atoms with van der Waals surface area (Å²) in [5.41, 5.74) is 0. The third-order valence-corrected chi connectivity index (χ3v) is 6.59. The molecule has 2 rings (SSSR count). The van der Waals surface area contributed by atoms with Gasteiger partial charge in [-0.3, -0.25) is 4.99 Å². The van der Waals surface area contributed by atoms with Crippen LogP contribution in [-0.2, 0) is 16.4 Å². The molecule has 0 aliphatic carbocycles. The zero-order chi connectivity index (χ0) is 16.0. The smallest absolute Gasteiger partial charge is 0.214 e. The lowest BCUT2D eigenvalue weighted by Gasteiger charge is -2.23. The molecule has 0 bridgehead atoms. The number of halogens is 1. The Morgan fingerprint density at radius 3 is 2.87 bits per heavy atom. The van der Waals surface area contributed by atoms with Crippen LogP contribution in [0.3, 0.4) is 0 Å². The van der Waals surface area contributed by atoms with Gasteiger partial charge in [-0.2, -0.15) is 0 Å². The summed E-state index contributed by atoms with van der Waals surface area (Å²) in [7, 11) is 0.732. The van der Waals surface area contributed by atoms with Gasteiger partial charge in [-0.25, -0.2) is 12.7 Å². The van der Waals surface area contributed by atoms with Crippen LogP contribution in [0.1, 0.15) is 11.3 Å². The Labute approximate surface area is 160 Å². The molecule has 132 valence electrons. The molecule has 0 unspecified atom stereocenters. The molecule has 1 N–H and O–H groups in total. The Balaban J connectivity index is 0.00000264. The number of hydrogen-bond donors (Lipinski definition) is 1. The van der Waals surface area contributed by atoms with Crippen molar-refractivity contribution in [3.05, 3.63) is 22.4 Å². The summed E-state index contributed by atoms with van der Waals surface area (Å²) in [6, 6.07) is 4.19. The predicted molar refractivity (Wildman–Crippen MR) is 107 cm³/mol. The topological polar surface area (TPSA) is 65.0 Å². The van der Waals surface area contributed by atoms with E-state index in [0.29, 0.717) is 19.6 Å². The quantitative estimate of drug-likeness (QED) is 0.387. The van der Waals surface area contributed by atoms with Crippen molar-refractivity contribution in [3.63, 3.8) is 0 Å². The SMILES string of the molecule is CN=C(NCCN1CCCS1(=O)=O)N(C)CCc1cccs1.I. The number of rotatable bonds is 6. The summed E-state index contributed by atoms with van der Waals surface area (Å²) in [5, 5.41) is 5.32. The van der Waals surface area contributed by atoms with E-state index in [0.717, 1.165) is 25.3 Å². The average Bonchev–Trinajstić information content (AvgIpc) is 3.11. The summed E-state index contributed by atoms with van der Waals surface area (Å²) in [6.07, 6.45) is 1.72. The Bertz CT molecular complexity index is 590. The summed E-state index contributed by atoms with van der Waals surface area (Å²) in [5.74, 6) is 1.08. The van der Waals surface area contributed by atoms with Crippen LogP contribution < -0.4 is 5.32 Å². The first-order valence-corrected chi connectivity index (χ1v) is 9.94. The number of likely N-dealkylation sites (N-methyl/N-ethyl adjacent to an activating group) is 1. The molecule has 0 amide bonds. The molecule has 1 aromatic rings. The molecule has 1 aliphatic heterocycles. The molecule has 1 aromatic heterocycles. The van der Waals surface area contributed by atoms with Gasteiger partial charge in [-0.15, -0.1) is 35.3 Å². The van der Waals surface area contributed by atoms with Gasteiger partial charge < -0.3 is 10.2 Å². The summed E-state index contributed by atoms with van der Waals surface area (Å²) in [6.45, 7) is 2.59. The minimum atomic E-state index is -3.01. The van der Waals surface area contributed by atoms with Crippen molar-refractivity contribution in [1.82, 2.24) is 14.5 Å². The lowest BCUT2D eigenvalue weighted by Crippen LogP contribution is -2.43. The van der Waals surface area contributed by atoms with E-state index in [1.807, 2.05) is 7.05 Å². The van der Waals surface area contributed by atoms with Crippen LogP contribution >= 0.6 is 35.3 Å². The first-order valence-electron chi connectivity index (χ1n) is 7.45. The van der Waals surface area contributed by atoms with Gasteiger partial charge in [0.1, 0.15) is 0 Å². The van der Waals surface area contributed by atoms with Crippen molar-refractivity contribution < 1.29 is 8.42 Å². The van der Waals surface area contributed by atoms with Crippen LogP contribution in [0.25, 0.3) is 0 Å². The van der Waals surface area contributed by atoms with Crippen molar-refractivity contribution >= 4 is 51.3 Å². The molecule has 1 fully saturated rings. The summed E-state index contributed by atoms with van der Waals surface area (Å²) in [4.78, 5) is 7.68. The molecule has 0 atom stereocenters. The van der Waals surface area contributed by atoms with Gasteiger partial charge in [0.2, 0.25) is 10.0 Å². The Kier molecular flexibility index (Phi) is 8.80. The lowest BCUT2D eigenvalue weighted by atomic mass is 10.3. The molecule has 0 spiro atoms. The molecule has 0 aromatic carbocycles. The maximum Gasteiger partial charge on any atom is 0.214 e. The number of guanidine groups is 1. The van der Waals surface area contributed by atoms with Crippen LogP contribution in [0.4, 0.5) is 0 Å². The van der Waals surface area contributed by atoms with Gasteiger partial charge in [-0.05, 0) is 24.3 Å². The van der Waals surface area contributed by atoms with E-state index in [1.165, 1.54) is 4.88 Å². The number of hydrogen-bond acceptors (Lipinski definition) is 4. The van der Waals surface area contributed by atoms with E-state index in [4.69, 9.17) is 0 Å². The van der Waals surface area contributed by atoms with Crippen LogP contribution in [0.2, 0.25) is 0 Å². The molecule has 2 heterocycles. The summed E-state index contributed by atoms with van der Waals surface area (Å²) < 4.78 is 25.0. The van der Waals surface area contributed by atoms with Gasteiger partial charge in [0.05, 0.1) is 5.75 Å². The number of sulfonamides is 1. The van der Waals surface area contributed by atoms with Gasteiger partial charge in [0.25, 0.3) is 0 Å². The normalized spacial score (nSPS) is 17.7. The van der Waals surface area contributed by atoms with Crippen LogP contribution in [-0.4, -0.2) is 69.6 Å². The zero-order valence-electron chi connectivity index (χ0n) is 13.6. The van der Waals surface area contributed by atoms with Crippen molar-refractivity contribution in [3.8, 4) is 0 Å². The maximum absolute atomic E-state index is 11.7. The molecule has 23 heavy (non-hydrogen) atoms. The van der Waals surface area contributed by atoms with Gasteiger partial charge >= 0.3 is 0 Å². The zero-order valence-corrected chi connectivity index (χ0v) is 17.5. The molecule has 0 saturated carbocycles. The number of nitrogens with zero attached hydrogens (tertiary/aromatic N) is 3. The standard InChI is InChI=1S/C14H24N4O2S2.HI/c1-15-14(17(2)9-6-13-5-3-11-21-13)16-7-10-18-8-4-12-22(18,19)20;/h3,5,11H,4,6-10,12H2,1-2H3,(H,15,16);1H. The highest BCUT2D eigenvalue weighted by molar-refractivity contribution is 14.0. The second-order valence-electron chi connectivity index (χ2n) is 5.29. The molecule has 1 aliphatic rings. The number of nitrogens with one attached hydrogen (secondary N) is 1. The second-order valence-corrected chi connectivity index (χ2v) is 8.41. The summed E-state index contributed by atoms with van der Waals surface area (Å²) >= 11 is 1.76. The fourth-order valence-corrected chi connectivity index (χ4v) is 4.69. The van der Waals surface area contributed by atoms with Gasteiger partial charge in [0.15, 0.2) is 5.96 Å². The van der Waals surface area contributed by atoms with Crippen LogP contribution in [0.5, 0.6) is 0 Å². The Hall–Kier alpha value is -0.390. The average molecular weight is 472 g/mol. The van der Waals surface area contributed by atoms with E-state index >= 15 is 0 Å². The molecule has 9 heteroatoms. The fraction of sp³-hybridized carbons (Fsp3) is 0.643. The molecular weight excluding hydrogens is 447 g/mol. The van der Waals surface area contributed by atoms with Crippen molar-refractivity contribution in [2.24, 2.45) is 4.99 Å². The Morgan fingerprint density at radius 1 is 1.52 bits per heavy atom. The first kappa shape index (κ1) is 20.7.